The van der Waals surface area contributed by atoms with Crippen molar-refractivity contribution < 1.29 is 8.42 Å². The minimum atomic E-state index is -3.78. The van der Waals surface area contributed by atoms with Gasteiger partial charge in [0.15, 0.2) is 0 Å². The highest BCUT2D eigenvalue weighted by Crippen LogP contribution is 2.31. The summed E-state index contributed by atoms with van der Waals surface area (Å²) < 4.78 is 27.2. The number of benzene rings is 3. The van der Waals surface area contributed by atoms with Crippen LogP contribution in [0.4, 0.5) is 0 Å². The summed E-state index contributed by atoms with van der Waals surface area (Å²) in [5, 5.41) is 0. The summed E-state index contributed by atoms with van der Waals surface area (Å²) in [5.41, 5.74) is 11.7. The highest BCUT2D eigenvalue weighted by Gasteiger charge is 2.14. The first-order chi connectivity index (χ1) is 15.9. The highest BCUT2D eigenvalue weighted by molar-refractivity contribution is 7.90. The molecule has 0 saturated carbocycles. The molecular formula is C26H24N4O2S. The Morgan fingerprint density at radius 3 is 2.21 bits per heavy atom. The molecular weight excluding hydrogens is 432 g/mol. The first-order valence-corrected chi connectivity index (χ1v) is 11.9. The predicted octanol–water partition coefficient (Wildman–Crippen LogP) is 4.52. The van der Waals surface area contributed by atoms with E-state index in [1.165, 1.54) is 17.7 Å². The summed E-state index contributed by atoms with van der Waals surface area (Å²) in [7, 11) is -3.78. The Hall–Kier alpha value is -3.97. The van der Waals surface area contributed by atoms with Gasteiger partial charge in [-0.25, -0.2) is 18.1 Å². The van der Waals surface area contributed by atoms with Gasteiger partial charge < -0.3 is 5.73 Å². The molecule has 0 spiro atoms. The molecule has 0 radical (unpaired) electrons. The van der Waals surface area contributed by atoms with Crippen molar-refractivity contribution >= 4 is 16.0 Å². The zero-order valence-corrected chi connectivity index (χ0v) is 19.0. The van der Waals surface area contributed by atoms with Crippen LogP contribution in [-0.2, 0) is 16.6 Å². The van der Waals surface area contributed by atoms with Gasteiger partial charge in [0.25, 0.3) is 10.0 Å². The van der Waals surface area contributed by atoms with Crippen molar-refractivity contribution in [2.75, 3.05) is 0 Å². The first-order valence-electron chi connectivity index (χ1n) is 10.4. The molecule has 0 aliphatic heterocycles. The van der Waals surface area contributed by atoms with Crippen molar-refractivity contribution in [3.05, 3.63) is 108 Å². The topological polar surface area (TPSA) is 97.4 Å². The number of nitrogens with two attached hydrogens (primary N) is 1. The number of rotatable bonds is 6. The highest BCUT2D eigenvalue weighted by atomic mass is 32.2. The Labute approximate surface area is 193 Å². The average molecular weight is 457 g/mol. The van der Waals surface area contributed by atoms with Crippen LogP contribution in [0.1, 0.15) is 11.1 Å². The minimum Gasteiger partial charge on any atom is -0.369 e. The van der Waals surface area contributed by atoms with Crippen molar-refractivity contribution in [1.29, 1.82) is 0 Å². The van der Waals surface area contributed by atoms with Crippen LogP contribution in [0.2, 0.25) is 0 Å². The Morgan fingerprint density at radius 1 is 0.909 bits per heavy atom. The fourth-order valence-electron chi connectivity index (χ4n) is 3.38. The third-order valence-corrected chi connectivity index (χ3v) is 6.45. The summed E-state index contributed by atoms with van der Waals surface area (Å²) in [4.78, 5) is 9.04. The number of pyridine rings is 1. The molecule has 0 unspecified atom stereocenters. The Bertz CT molecular complexity index is 1370. The SMILES string of the molecule is Cc1ccc(-c2cc(CN=C(N)NS(=O)(=O)c3ccccc3)cnc2-c2ccccc2)cc1. The lowest BCUT2D eigenvalue weighted by molar-refractivity contribution is 0.592. The summed E-state index contributed by atoms with van der Waals surface area (Å²) in [5.74, 6) is -0.178. The van der Waals surface area contributed by atoms with Gasteiger partial charge in [0.05, 0.1) is 17.1 Å². The van der Waals surface area contributed by atoms with E-state index in [1.807, 2.05) is 43.3 Å². The van der Waals surface area contributed by atoms with Gasteiger partial charge in [-0.3, -0.25) is 4.98 Å². The summed E-state index contributed by atoms with van der Waals surface area (Å²) >= 11 is 0. The van der Waals surface area contributed by atoms with Crippen LogP contribution in [0.5, 0.6) is 0 Å². The zero-order chi connectivity index (χ0) is 23.3. The number of aliphatic imine (C=N–C) groups is 1. The number of nitrogens with zero attached hydrogens (tertiary/aromatic N) is 2. The normalized spacial score (nSPS) is 11.8. The lowest BCUT2D eigenvalue weighted by Crippen LogP contribution is -2.36. The predicted molar refractivity (Wildman–Crippen MR) is 132 cm³/mol. The number of aryl methyl sites for hydroxylation is 1. The lowest BCUT2D eigenvalue weighted by Gasteiger charge is -2.12. The molecule has 6 nitrogen and oxygen atoms in total. The average Bonchev–Trinajstić information content (AvgIpc) is 2.84. The molecule has 0 aliphatic rings. The van der Waals surface area contributed by atoms with Crippen molar-refractivity contribution in [2.24, 2.45) is 10.7 Å². The van der Waals surface area contributed by atoms with E-state index in [1.54, 1.807) is 24.4 Å². The minimum absolute atomic E-state index is 0.124. The smallest absolute Gasteiger partial charge is 0.264 e. The monoisotopic (exact) mass is 456 g/mol. The van der Waals surface area contributed by atoms with Gasteiger partial charge in [-0.2, -0.15) is 0 Å². The van der Waals surface area contributed by atoms with Crippen molar-refractivity contribution in [3.8, 4) is 22.4 Å². The fourth-order valence-corrected chi connectivity index (χ4v) is 4.35. The van der Waals surface area contributed by atoms with Crippen molar-refractivity contribution in [2.45, 2.75) is 18.4 Å². The van der Waals surface area contributed by atoms with E-state index in [4.69, 9.17) is 10.7 Å². The molecule has 1 aromatic heterocycles. The van der Waals surface area contributed by atoms with E-state index in [0.717, 1.165) is 27.9 Å². The van der Waals surface area contributed by atoms with Crippen molar-refractivity contribution in [3.63, 3.8) is 0 Å². The standard InChI is InChI=1S/C26H24N4O2S/c1-19-12-14-21(15-13-19)24-16-20(17-28-25(24)22-8-4-2-5-9-22)18-29-26(27)30-33(31,32)23-10-6-3-7-11-23/h2-17H,18H2,1H3,(H3,27,29,30). The molecule has 7 heteroatoms. The molecule has 4 rings (SSSR count). The maximum atomic E-state index is 12.4. The largest absolute Gasteiger partial charge is 0.369 e. The maximum absolute atomic E-state index is 12.4. The second kappa shape index (κ2) is 9.67. The molecule has 1 heterocycles. The second-order valence-electron chi connectivity index (χ2n) is 7.59. The molecule has 3 N–H and O–H groups in total. The fraction of sp³-hybridized carbons (Fsp3) is 0.0769. The van der Waals surface area contributed by atoms with Crippen LogP contribution in [0.15, 0.2) is 107 Å². The van der Waals surface area contributed by atoms with Crippen LogP contribution in [0, 0.1) is 6.92 Å². The van der Waals surface area contributed by atoms with Gasteiger partial charge in [-0.05, 0) is 36.2 Å². The zero-order valence-electron chi connectivity index (χ0n) is 18.1. The Balaban J connectivity index is 1.62. The molecule has 0 atom stereocenters. The molecule has 166 valence electrons. The van der Waals surface area contributed by atoms with Gasteiger partial charge in [0.2, 0.25) is 5.96 Å². The van der Waals surface area contributed by atoms with Gasteiger partial charge in [0.1, 0.15) is 0 Å². The second-order valence-corrected chi connectivity index (χ2v) is 9.27. The van der Waals surface area contributed by atoms with Gasteiger partial charge in [-0.15, -0.1) is 0 Å². The third kappa shape index (κ3) is 5.45. The molecule has 0 fully saturated rings. The van der Waals surface area contributed by atoms with Crippen LogP contribution < -0.4 is 10.5 Å². The van der Waals surface area contributed by atoms with Crippen LogP contribution in [0.3, 0.4) is 0 Å². The third-order valence-electron chi connectivity index (χ3n) is 5.08. The number of guanidine groups is 1. The van der Waals surface area contributed by atoms with Crippen LogP contribution in [0.25, 0.3) is 22.4 Å². The quantitative estimate of drug-likeness (QED) is 0.329. The molecule has 0 amide bonds. The number of aromatic nitrogens is 1. The first kappa shape index (κ1) is 22.2. The Kier molecular flexibility index (Phi) is 6.51. The van der Waals surface area contributed by atoms with Gasteiger partial charge >= 0.3 is 0 Å². The van der Waals surface area contributed by atoms with E-state index < -0.39 is 10.0 Å². The van der Waals surface area contributed by atoms with E-state index in [-0.39, 0.29) is 17.4 Å². The summed E-state index contributed by atoms with van der Waals surface area (Å²) in [6.07, 6.45) is 1.74. The molecule has 0 saturated heterocycles. The molecule has 0 bridgehead atoms. The number of sulfonamides is 1. The van der Waals surface area contributed by atoms with Crippen LogP contribution >= 0.6 is 0 Å². The van der Waals surface area contributed by atoms with E-state index in [9.17, 15) is 8.42 Å². The van der Waals surface area contributed by atoms with Gasteiger partial charge in [0, 0.05) is 17.3 Å². The molecule has 33 heavy (non-hydrogen) atoms. The summed E-state index contributed by atoms with van der Waals surface area (Å²) in [6, 6.07) is 28.3. The summed E-state index contributed by atoms with van der Waals surface area (Å²) in [6.45, 7) is 2.23. The van der Waals surface area contributed by atoms with E-state index >= 15 is 0 Å². The van der Waals surface area contributed by atoms with Crippen LogP contribution in [-0.4, -0.2) is 19.4 Å². The molecule has 3 aromatic carbocycles. The number of hydrogen-bond donors (Lipinski definition) is 2. The molecule has 4 aromatic rings. The van der Waals surface area contributed by atoms with Gasteiger partial charge in [-0.1, -0.05) is 78.4 Å². The maximum Gasteiger partial charge on any atom is 0.264 e. The van der Waals surface area contributed by atoms with E-state index in [0.29, 0.717) is 0 Å². The molecule has 0 aliphatic carbocycles. The van der Waals surface area contributed by atoms with Crippen molar-refractivity contribution in [1.82, 2.24) is 9.71 Å². The Morgan fingerprint density at radius 2 is 1.55 bits per heavy atom. The van der Waals surface area contributed by atoms with E-state index in [2.05, 4.69) is 34.0 Å². The number of nitrogens with one attached hydrogen (secondary N) is 1. The lowest BCUT2D eigenvalue weighted by atomic mass is 9.97. The number of hydrogen-bond acceptors (Lipinski definition) is 4.